The molecule has 1 aliphatic heterocycles. The highest BCUT2D eigenvalue weighted by Gasteiger charge is 2.39. The summed E-state index contributed by atoms with van der Waals surface area (Å²) in [5.41, 5.74) is 6.23. The first kappa shape index (κ1) is 65.3. The third-order valence-electron chi connectivity index (χ3n) is 15.5. The van der Waals surface area contributed by atoms with Crippen LogP contribution in [0.3, 0.4) is 0 Å². The van der Waals surface area contributed by atoms with Crippen LogP contribution in [0.5, 0.6) is 0 Å². The van der Waals surface area contributed by atoms with E-state index in [-0.39, 0.29) is 66.5 Å². The van der Waals surface area contributed by atoms with Gasteiger partial charge in [-0.2, -0.15) is 0 Å². The van der Waals surface area contributed by atoms with Crippen LogP contribution in [0.25, 0.3) is 0 Å². The molecule has 456 valence electrons. The van der Waals surface area contributed by atoms with E-state index in [4.69, 9.17) is 25.0 Å². The van der Waals surface area contributed by atoms with Crippen LogP contribution in [0.1, 0.15) is 142 Å². The Bertz CT molecular complexity index is 3270. The molecule has 2 aliphatic rings. The van der Waals surface area contributed by atoms with Gasteiger partial charge >= 0.3 is 18.3 Å². The number of rotatable bonds is 20. The van der Waals surface area contributed by atoms with Crippen LogP contribution in [-0.2, 0) is 59.4 Å². The Kier molecular flexibility index (Phi) is 24.2. The van der Waals surface area contributed by atoms with Crippen molar-refractivity contribution >= 4 is 53.3 Å². The van der Waals surface area contributed by atoms with Crippen LogP contribution in [0.2, 0.25) is 0 Å². The van der Waals surface area contributed by atoms with Crippen LogP contribution in [-0.4, -0.2) is 88.5 Å². The van der Waals surface area contributed by atoms with Crippen LogP contribution >= 0.6 is 0 Å². The summed E-state index contributed by atoms with van der Waals surface area (Å²) in [4.78, 5) is 91.0. The number of amides is 5. The number of Topliss-reactive ketones (excluding diaryl/α,β-unsaturated/α-hetero) is 2. The van der Waals surface area contributed by atoms with E-state index in [0.29, 0.717) is 55.7 Å². The minimum absolute atomic E-state index is 0.0107. The monoisotopic (exact) mass is 1180 g/mol. The second kappa shape index (κ2) is 32.3. The lowest BCUT2D eigenvalue weighted by atomic mass is 9.77. The minimum Gasteiger partial charge on any atom is -0.444 e. The molecule has 87 heavy (non-hydrogen) atoms. The SMILES string of the molecule is C[C@H](NC(=O)[C@@H]1CCC[C@H](c2ccccc2)C1)C(=O)CCc1ccc(C(=N)NC(=O)OCc2ccccc2)cc1.C[C@H](NC(=O)[C@H]1C[C@@H](c2ccccc2)CCN1C(=O)OC(C)(C)C)C(=O)CCc1ccc(C(=N)NC(=O)OCc2ccccc2)cc1. The maximum absolute atomic E-state index is 13.6. The molecule has 6 N–H and O–H groups in total. The maximum atomic E-state index is 13.6. The summed E-state index contributed by atoms with van der Waals surface area (Å²) in [6.45, 7) is 9.37. The zero-order chi connectivity index (χ0) is 62.3. The number of hydrogen-bond donors (Lipinski definition) is 6. The summed E-state index contributed by atoms with van der Waals surface area (Å²) >= 11 is 0. The molecule has 17 heteroatoms. The van der Waals surface area contributed by atoms with Crippen molar-refractivity contribution in [3.63, 3.8) is 0 Å². The molecule has 0 radical (unpaired) electrons. The summed E-state index contributed by atoms with van der Waals surface area (Å²) in [5, 5.41) is 27.0. The van der Waals surface area contributed by atoms with Crippen molar-refractivity contribution in [3.05, 3.63) is 214 Å². The van der Waals surface area contributed by atoms with E-state index in [2.05, 4.69) is 33.4 Å². The quantitative estimate of drug-likeness (QED) is 0.0240. The smallest absolute Gasteiger partial charge is 0.413 e. The van der Waals surface area contributed by atoms with Gasteiger partial charge in [0.25, 0.3) is 0 Å². The van der Waals surface area contributed by atoms with E-state index in [9.17, 15) is 33.6 Å². The fraction of sp³-hybridized carbons (Fsp3) is 0.357. The summed E-state index contributed by atoms with van der Waals surface area (Å²) in [7, 11) is 0. The Morgan fingerprint density at radius 3 is 1.37 bits per heavy atom. The highest BCUT2D eigenvalue weighted by Crippen LogP contribution is 2.37. The number of carbonyl (C=O) groups is 7. The van der Waals surface area contributed by atoms with Crippen LogP contribution in [0, 0.1) is 16.7 Å². The Morgan fingerprint density at radius 1 is 0.517 bits per heavy atom. The molecule has 2 fully saturated rings. The number of piperidine rings is 1. The first-order valence-electron chi connectivity index (χ1n) is 29.8. The minimum atomic E-state index is -0.772. The van der Waals surface area contributed by atoms with Crippen LogP contribution < -0.4 is 21.3 Å². The van der Waals surface area contributed by atoms with Gasteiger partial charge in [-0.25, -0.2) is 14.4 Å². The predicted molar refractivity (Wildman–Crippen MR) is 334 cm³/mol. The molecule has 0 aromatic heterocycles. The van der Waals surface area contributed by atoms with Crippen LogP contribution in [0.15, 0.2) is 170 Å². The molecular formula is C70H81N7O10. The van der Waals surface area contributed by atoms with Crippen molar-refractivity contribution in [1.82, 2.24) is 26.2 Å². The molecule has 1 aliphatic carbocycles. The van der Waals surface area contributed by atoms with Gasteiger partial charge in [-0.05, 0) is 125 Å². The lowest BCUT2D eigenvalue weighted by molar-refractivity contribution is -0.131. The molecular weight excluding hydrogens is 1100 g/mol. The Labute approximate surface area is 510 Å². The van der Waals surface area contributed by atoms with Gasteiger partial charge in [0.15, 0.2) is 11.6 Å². The van der Waals surface area contributed by atoms with E-state index in [1.165, 1.54) is 10.5 Å². The Balaban J connectivity index is 0.000000252. The van der Waals surface area contributed by atoms with Gasteiger partial charge in [-0.15, -0.1) is 0 Å². The van der Waals surface area contributed by atoms with Crippen molar-refractivity contribution in [3.8, 4) is 0 Å². The summed E-state index contributed by atoms with van der Waals surface area (Å²) in [6.07, 6.45) is 4.41. The molecule has 1 heterocycles. The number of carbonyl (C=O) groups excluding carboxylic acids is 7. The number of aryl methyl sites for hydroxylation is 2. The van der Waals surface area contributed by atoms with Crippen molar-refractivity contribution in [2.24, 2.45) is 5.92 Å². The van der Waals surface area contributed by atoms with Crippen molar-refractivity contribution in [2.45, 2.75) is 148 Å². The number of ketones is 2. The van der Waals surface area contributed by atoms with Gasteiger partial charge in [-0.1, -0.05) is 176 Å². The third-order valence-corrected chi connectivity index (χ3v) is 15.5. The van der Waals surface area contributed by atoms with Gasteiger partial charge in [0, 0.05) is 36.4 Å². The Morgan fingerprint density at radius 2 is 0.931 bits per heavy atom. The third kappa shape index (κ3) is 21.0. The summed E-state index contributed by atoms with van der Waals surface area (Å²) in [5.74, 6) is -0.308. The van der Waals surface area contributed by atoms with Crippen molar-refractivity contribution in [2.75, 3.05) is 6.54 Å². The largest absolute Gasteiger partial charge is 0.444 e. The number of alkyl carbamates (subject to hydrolysis) is 2. The molecule has 0 spiro atoms. The molecule has 5 amide bonds. The highest BCUT2D eigenvalue weighted by molar-refractivity contribution is 6.05. The molecule has 1 saturated heterocycles. The zero-order valence-electron chi connectivity index (χ0n) is 50.4. The van der Waals surface area contributed by atoms with E-state index < -0.39 is 42.0 Å². The zero-order valence-corrected chi connectivity index (χ0v) is 50.4. The van der Waals surface area contributed by atoms with Crippen LogP contribution in [0.4, 0.5) is 14.4 Å². The van der Waals surface area contributed by atoms with Gasteiger partial charge in [0.2, 0.25) is 11.8 Å². The van der Waals surface area contributed by atoms with E-state index >= 15 is 0 Å². The topological polar surface area (TPSA) is 246 Å². The van der Waals surface area contributed by atoms with Crippen molar-refractivity contribution < 1.29 is 47.8 Å². The number of nitrogens with zero attached hydrogens (tertiary/aromatic N) is 1. The molecule has 17 nitrogen and oxygen atoms in total. The lowest BCUT2D eigenvalue weighted by Crippen LogP contribution is -2.56. The number of hydrogen-bond acceptors (Lipinski definition) is 12. The standard InChI is InChI=1S/C37H44N4O6.C33H37N3O4/c1-25(39-34(43)31-23-30(28-13-9-6-10-14-28)21-22-41(31)36(45)47-37(2,3)4)32(42)20-17-26-15-18-29(19-16-26)33(38)40-35(44)46-24-27-11-7-5-8-12-27;1-23(35-32(38)29-14-8-13-28(21-29)26-11-6-3-7-12-26)30(37)20-17-24-15-18-27(19-16-24)31(34)36-33(39)40-22-25-9-4-2-5-10-25/h5-16,18-19,25,30-31H,17,20-24H2,1-4H3,(H,39,43)(H2,38,40,44);2-7,9-12,15-16,18-19,23,28-29H,8,13-14,17,20-22H2,1H3,(H,35,38)(H2,34,36,39)/t25-,30-,31+;23-,28-,29+/m00/s1. The van der Waals surface area contributed by atoms with Crippen molar-refractivity contribution in [1.29, 1.82) is 10.8 Å². The molecule has 6 aromatic carbocycles. The second-order valence-corrected chi connectivity index (χ2v) is 23.2. The molecule has 0 unspecified atom stereocenters. The molecule has 6 aromatic rings. The molecule has 0 bridgehead atoms. The van der Waals surface area contributed by atoms with Gasteiger partial charge in [0.1, 0.15) is 36.5 Å². The second-order valence-electron chi connectivity index (χ2n) is 23.2. The first-order valence-corrected chi connectivity index (χ1v) is 29.8. The van der Waals surface area contributed by atoms with Gasteiger partial charge in [0.05, 0.1) is 12.1 Å². The van der Waals surface area contributed by atoms with Gasteiger partial charge in [-0.3, -0.25) is 45.5 Å². The number of likely N-dealkylation sites (tertiary alicyclic amines) is 1. The highest BCUT2D eigenvalue weighted by atomic mass is 16.6. The first-order chi connectivity index (χ1) is 41.8. The molecule has 8 rings (SSSR count). The molecule has 1 saturated carbocycles. The fourth-order valence-corrected chi connectivity index (χ4v) is 10.5. The average Bonchev–Trinajstić information content (AvgIpc) is 3.54. The average molecular weight is 1180 g/mol. The van der Waals surface area contributed by atoms with Gasteiger partial charge < -0.3 is 24.8 Å². The number of nitrogens with one attached hydrogen (secondary N) is 6. The van der Waals surface area contributed by atoms with E-state index in [1.807, 2.05) is 121 Å². The maximum Gasteiger partial charge on any atom is 0.413 e. The predicted octanol–water partition coefficient (Wildman–Crippen LogP) is 12.0. The fourth-order valence-electron chi connectivity index (χ4n) is 10.5. The Hall–Kier alpha value is -9.25. The van der Waals surface area contributed by atoms with E-state index in [0.717, 1.165) is 53.5 Å². The number of ether oxygens (including phenoxy) is 3. The normalized spacial score (nSPS) is 17.0. The summed E-state index contributed by atoms with van der Waals surface area (Å²) in [6, 6.07) is 50.9. The summed E-state index contributed by atoms with van der Waals surface area (Å²) < 4.78 is 15.9. The molecule has 6 atom stereocenters. The number of benzene rings is 6. The number of amidine groups is 2. The lowest BCUT2D eigenvalue weighted by Gasteiger charge is -2.39. The van der Waals surface area contributed by atoms with E-state index in [1.54, 1.807) is 71.0 Å².